The Bertz CT molecular complexity index is 1070. The summed E-state index contributed by atoms with van der Waals surface area (Å²) in [5, 5.41) is 10.8. The summed E-state index contributed by atoms with van der Waals surface area (Å²) in [6.07, 6.45) is 0.978. The van der Waals surface area contributed by atoms with E-state index in [4.69, 9.17) is 9.47 Å². The highest BCUT2D eigenvalue weighted by molar-refractivity contribution is 5.82. The van der Waals surface area contributed by atoms with Crippen LogP contribution in [0.5, 0.6) is 11.5 Å². The summed E-state index contributed by atoms with van der Waals surface area (Å²) in [4.78, 5) is 15.0. The van der Waals surface area contributed by atoms with E-state index in [1.807, 2.05) is 65.6 Å². The number of aliphatic hydroxyl groups is 1. The number of hydrogen-bond acceptors (Lipinski definition) is 4. The molecule has 32 heavy (non-hydrogen) atoms. The van der Waals surface area contributed by atoms with Gasteiger partial charge >= 0.3 is 0 Å². The molecule has 2 heterocycles. The zero-order valence-electron chi connectivity index (χ0n) is 17.9. The highest BCUT2D eigenvalue weighted by Crippen LogP contribution is 2.32. The smallest absolute Gasteiger partial charge is 0.264 e. The number of hydrogen-bond donors (Lipinski definition) is 1. The van der Waals surface area contributed by atoms with Crippen LogP contribution in [0.3, 0.4) is 0 Å². The maximum absolute atomic E-state index is 13.2. The largest absolute Gasteiger partial charge is 0.491 e. The van der Waals surface area contributed by atoms with Crippen LogP contribution in [0, 0.1) is 0 Å². The lowest BCUT2D eigenvalue weighted by atomic mass is 9.99. The summed E-state index contributed by atoms with van der Waals surface area (Å²) in [6, 6.07) is 23.8. The molecule has 3 aromatic rings. The number of ether oxygens (including phenoxy) is 2. The molecule has 0 spiro atoms. The molecule has 0 fully saturated rings. The van der Waals surface area contributed by atoms with Gasteiger partial charge in [-0.05, 0) is 47.7 Å². The van der Waals surface area contributed by atoms with Crippen LogP contribution in [-0.4, -0.2) is 35.2 Å². The molecular weight excluding hydrogens is 402 g/mol. The Hall–Kier alpha value is -3.31. The topological polar surface area (TPSA) is 59.0 Å². The quantitative estimate of drug-likeness (QED) is 0.664. The molecule has 0 radical (unpaired) electrons. The van der Waals surface area contributed by atoms with Crippen molar-refractivity contribution >= 4 is 5.91 Å². The van der Waals surface area contributed by atoms with Gasteiger partial charge in [-0.15, -0.1) is 0 Å². The summed E-state index contributed by atoms with van der Waals surface area (Å²) in [7, 11) is 0. The molecule has 2 unspecified atom stereocenters. The minimum absolute atomic E-state index is 0.0207. The van der Waals surface area contributed by atoms with Gasteiger partial charge in [0.1, 0.15) is 18.1 Å². The summed E-state index contributed by atoms with van der Waals surface area (Å²) in [5.74, 6) is 1.55. The Balaban J connectivity index is 1.27. The first kappa shape index (κ1) is 20.6. The zero-order chi connectivity index (χ0) is 21.9. The molecule has 0 aromatic heterocycles. The highest BCUT2D eigenvalue weighted by atomic mass is 16.5. The molecule has 164 valence electrons. The molecule has 3 aromatic carbocycles. The first-order chi connectivity index (χ1) is 15.7. The molecule has 5 heteroatoms. The van der Waals surface area contributed by atoms with E-state index in [0.29, 0.717) is 32.5 Å². The number of aliphatic hydroxyl groups excluding tert-OH is 1. The van der Waals surface area contributed by atoms with Gasteiger partial charge in [-0.3, -0.25) is 4.79 Å². The van der Waals surface area contributed by atoms with Crippen molar-refractivity contribution in [2.24, 2.45) is 0 Å². The summed E-state index contributed by atoms with van der Waals surface area (Å²) >= 11 is 0. The number of rotatable bonds is 5. The van der Waals surface area contributed by atoms with Gasteiger partial charge in [-0.25, -0.2) is 0 Å². The third-order valence-electron chi connectivity index (χ3n) is 6.23. The average Bonchev–Trinajstić information content (AvgIpc) is 3.15. The number of fused-ring (bicyclic) bond motifs is 2. The standard InChI is InChI=1S/C27H27NO4/c29-23(12-10-19-6-2-1-3-7-19)20-11-13-24-22(16-20)18-28(14-15-31-24)27(30)26-17-21-8-4-5-9-25(21)32-26/h1-9,11,13,16,23,26,29H,10,12,14-15,17-18H2. The zero-order valence-corrected chi connectivity index (χ0v) is 17.9. The van der Waals surface area contributed by atoms with E-state index in [9.17, 15) is 9.90 Å². The Labute approximate surface area is 188 Å². The van der Waals surface area contributed by atoms with E-state index in [0.717, 1.165) is 34.6 Å². The van der Waals surface area contributed by atoms with Gasteiger partial charge in [0, 0.05) is 18.5 Å². The first-order valence-corrected chi connectivity index (χ1v) is 11.2. The van der Waals surface area contributed by atoms with Gasteiger partial charge in [0.2, 0.25) is 0 Å². The van der Waals surface area contributed by atoms with Gasteiger partial charge in [0.15, 0.2) is 6.10 Å². The number of aryl methyl sites for hydroxylation is 1. The maximum Gasteiger partial charge on any atom is 0.264 e. The van der Waals surface area contributed by atoms with Crippen molar-refractivity contribution in [3.63, 3.8) is 0 Å². The van der Waals surface area contributed by atoms with Gasteiger partial charge in [0.05, 0.1) is 12.6 Å². The van der Waals surface area contributed by atoms with E-state index in [-0.39, 0.29) is 5.91 Å². The molecule has 5 rings (SSSR count). The Morgan fingerprint density at radius 2 is 1.81 bits per heavy atom. The molecule has 0 saturated heterocycles. The van der Waals surface area contributed by atoms with Gasteiger partial charge in [-0.1, -0.05) is 54.6 Å². The molecular formula is C27H27NO4. The summed E-state index contributed by atoms with van der Waals surface area (Å²) in [6.45, 7) is 1.40. The average molecular weight is 430 g/mol. The lowest BCUT2D eigenvalue weighted by Crippen LogP contribution is -2.42. The molecule has 2 aliphatic rings. The second-order valence-corrected chi connectivity index (χ2v) is 8.43. The maximum atomic E-state index is 13.2. The fourth-order valence-corrected chi connectivity index (χ4v) is 4.45. The number of amides is 1. The van der Waals surface area contributed by atoms with Gasteiger partial charge < -0.3 is 19.5 Å². The summed E-state index contributed by atoms with van der Waals surface area (Å²) in [5.41, 5.74) is 4.05. The van der Waals surface area contributed by atoms with Crippen molar-refractivity contribution < 1.29 is 19.4 Å². The Morgan fingerprint density at radius 3 is 2.66 bits per heavy atom. The van der Waals surface area contributed by atoms with Gasteiger partial charge in [-0.2, -0.15) is 0 Å². The van der Waals surface area contributed by atoms with Crippen LogP contribution in [0.15, 0.2) is 72.8 Å². The van der Waals surface area contributed by atoms with E-state index < -0.39 is 12.2 Å². The molecule has 5 nitrogen and oxygen atoms in total. The Morgan fingerprint density at radius 1 is 1.00 bits per heavy atom. The fourth-order valence-electron chi connectivity index (χ4n) is 4.45. The summed E-state index contributed by atoms with van der Waals surface area (Å²) < 4.78 is 11.8. The second-order valence-electron chi connectivity index (χ2n) is 8.43. The SMILES string of the molecule is O=C(C1Cc2ccccc2O1)N1CCOc2ccc(C(O)CCc3ccccc3)cc2C1. The predicted octanol–water partition coefficient (Wildman–Crippen LogP) is 4.08. The van der Waals surface area contributed by atoms with E-state index in [1.54, 1.807) is 0 Å². The van der Waals surface area contributed by atoms with Crippen LogP contribution in [-0.2, 0) is 24.2 Å². The van der Waals surface area contributed by atoms with Gasteiger partial charge in [0.25, 0.3) is 5.91 Å². The van der Waals surface area contributed by atoms with Crippen molar-refractivity contribution in [3.8, 4) is 11.5 Å². The van der Waals surface area contributed by atoms with Crippen LogP contribution in [0.1, 0.15) is 34.8 Å². The van der Waals surface area contributed by atoms with E-state index in [1.165, 1.54) is 5.56 Å². The van der Waals surface area contributed by atoms with Crippen LogP contribution >= 0.6 is 0 Å². The fraction of sp³-hybridized carbons (Fsp3) is 0.296. The van der Waals surface area contributed by atoms with Crippen molar-refractivity contribution in [1.29, 1.82) is 0 Å². The normalized spacial score (nSPS) is 18.0. The molecule has 0 bridgehead atoms. The van der Waals surface area contributed by atoms with Crippen molar-refractivity contribution in [3.05, 3.63) is 95.1 Å². The third kappa shape index (κ3) is 4.34. The molecule has 1 N–H and O–H groups in total. The van der Waals surface area contributed by atoms with Crippen molar-refractivity contribution in [2.45, 2.75) is 38.0 Å². The monoisotopic (exact) mass is 429 g/mol. The van der Waals surface area contributed by atoms with Crippen LogP contribution in [0.25, 0.3) is 0 Å². The van der Waals surface area contributed by atoms with Crippen LogP contribution < -0.4 is 9.47 Å². The first-order valence-electron chi connectivity index (χ1n) is 11.2. The molecule has 0 saturated carbocycles. The highest BCUT2D eigenvalue weighted by Gasteiger charge is 2.33. The lowest BCUT2D eigenvalue weighted by Gasteiger charge is -2.23. The predicted molar refractivity (Wildman–Crippen MR) is 122 cm³/mol. The minimum atomic E-state index is -0.569. The third-order valence-corrected chi connectivity index (χ3v) is 6.23. The van der Waals surface area contributed by atoms with E-state index >= 15 is 0 Å². The van der Waals surface area contributed by atoms with Crippen LogP contribution in [0.2, 0.25) is 0 Å². The second kappa shape index (κ2) is 9.05. The number of benzene rings is 3. The number of carbonyl (C=O) groups excluding carboxylic acids is 1. The van der Waals surface area contributed by atoms with Crippen LogP contribution in [0.4, 0.5) is 0 Å². The van der Waals surface area contributed by atoms with Crippen molar-refractivity contribution in [1.82, 2.24) is 4.90 Å². The van der Waals surface area contributed by atoms with Crippen molar-refractivity contribution in [2.75, 3.05) is 13.2 Å². The molecule has 0 aliphatic carbocycles. The number of para-hydroxylation sites is 1. The number of carbonyl (C=O) groups is 1. The molecule has 1 amide bonds. The molecule has 2 atom stereocenters. The Kier molecular flexibility index (Phi) is 5.82. The molecule has 2 aliphatic heterocycles. The number of nitrogens with zero attached hydrogens (tertiary/aromatic N) is 1. The minimum Gasteiger partial charge on any atom is -0.491 e. The van der Waals surface area contributed by atoms with E-state index in [2.05, 4.69) is 12.1 Å². The lowest BCUT2D eigenvalue weighted by molar-refractivity contribution is -0.138.